The van der Waals surface area contributed by atoms with Gasteiger partial charge in [0.25, 0.3) is 0 Å². The largest absolute Gasteiger partial charge is 0.356 e. The summed E-state index contributed by atoms with van der Waals surface area (Å²) in [6.45, 7) is 5.09. The van der Waals surface area contributed by atoms with Gasteiger partial charge in [-0.15, -0.1) is 24.0 Å². The number of rotatable bonds is 5. The Hall–Kier alpha value is -1.31. The molecule has 0 atom stereocenters. The molecule has 1 aliphatic heterocycles. The SMILES string of the molecule is CCNC(=NCCNC(=O)C1CC1)N1CCc2ccccc21.I. The van der Waals surface area contributed by atoms with Crippen molar-refractivity contribution in [3.05, 3.63) is 29.8 Å². The summed E-state index contributed by atoms with van der Waals surface area (Å²) in [5, 5.41) is 6.31. The van der Waals surface area contributed by atoms with Crippen LogP contribution in [0.1, 0.15) is 25.3 Å². The average molecular weight is 428 g/mol. The van der Waals surface area contributed by atoms with Gasteiger partial charge in [0.2, 0.25) is 5.91 Å². The summed E-state index contributed by atoms with van der Waals surface area (Å²) in [5.41, 5.74) is 2.61. The van der Waals surface area contributed by atoms with Crippen molar-refractivity contribution < 1.29 is 4.79 Å². The van der Waals surface area contributed by atoms with E-state index in [-0.39, 0.29) is 35.8 Å². The second-order valence-corrected chi connectivity index (χ2v) is 5.83. The molecule has 0 saturated heterocycles. The van der Waals surface area contributed by atoms with Gasteiger partial charge in [-0.1, -0.05) is 18.2 Å². The Kier molecular flexibility index (Phi) is 6.68. The molecule has 2 N–H and O–H groups in total. The van der Waals surface area contributed by atoms with Crippen molar-refractivity contribution in [1.82, 2.24) is 10.6 Å². The van der Waals surface area contributed by atoms with Gasteiger partial charge < -0.3 is 15.5 Å². The van der Waals surface area contributed by atoms with Crippen molar-refractivity contribution in [3.8, 4) is 0 Å². The van der Waals surface area contributed by atoms with E-state index in [4.69, 9.17) is 0 Å². The minimum atomic E-state index is 0. The minimum absolute atomic E-state index is 0. The number of anilines is 1. The maximum absolute atomic E-state index is 11.6. The van der Waals surface area contributed by atoms with Gasteiger partial charge in [0.05, 0.1) is 6.54 Å². The molecule has 3 rings (SSSR count). The average Bonchev–Trinajstić information content (AvgIpc) is 3.30. The molecule has 0 aromatic heterocycles. The van der Waals surface area contributed by atoms with E-state index in [2.05, 4.69) is 51.7 Å². The maximum Gasteiger partial charge on any atom is 0.223 e. The number of carbonyl (C=O) groups is 1. The predicted octanol–water partition coefficient (Wildman–Crippen LogP) is 2.16. The molecule has 1 saturated carbocycles. The van der Waals surface area contributed by atoms with E-state index in [1.165, 1.54) is 11.3 Å². The Balaban J connectivity index is 0.00000192. The Bertz CT molecular complexity index is 571. The maximum atomic E-state index is 11.6. The van der Waals surface area contributed by atoms with Gasteiger partial charge in [-0.2, -0.15) is 0 Å². The monoisotopic (exact) mass is 428 g/mol. The van der Waals surface area contributed by atoms with Gasteiger partial charge in [0.1, 0.15) is 0 Å². The van der Waals surface area contributed by atoms with Gasteiger partial charge in [-0.25, -0.2) is 0 Å². The molecule has 5 nitrogen and oxygen atoms in total. The van der Waals surface area contributed by atoms with E-state index < -0.39 is 0 Å². The number of hydrogen-bond acceptors (Lipinski definition) is 2. The van der Waals surface area contributed by atoms with E-state index in [0.717, 1.165) is 38.3 Å². The number of fused-ring (bicyclic) bond motifs is 1. The summed E-state index contributed by atoms with van der Waals surface area (Å²) >= 11 is 0. The molecular formula is C17H25IN4O. The van der Waals surface area contributed by atoms with Crippen LogP contribution in [-0.4, -0.2) is 38.0 Å². The van der Waals surface area contributed by atoms with Gasteiger partial charge in [-0.3, -0.25) is 9.79 Å². The highest BCUT2D eigenvalue weighted by Gasteiger charge is 2.29. The number of carbonyl (C=O) groups excluding carboxylic acids is 1. The third-order valence-corrected chi connectivity index (χ3v) is 4.10. The molecule has 0 radical (unpaired) electrons. The molecule has 1 aromatic rings. The summed E-state index contributed by atoms with van der Waals surface area (Å²) < 4.78 is 0. The Morgan fingerprint density at radius 1 is 1.30 bits per heavy atom. The van der Waals surface area contributed by atoms with Gasteiger partial charge in [0, 0.05) is 31.2 Å². The number of para-hydroxylation sites is 1. The van der Waals surface area contributed by atoms with Crippen LogP contribution in [0.3, 0.4) is 0 Å². The molecule has 1 fully saturated rings. The first-order chi connectivity index (χ1) is 10.8. The number of benzene rings is 1. The predicted molar refractivity (Wildman–Crippen MR) is 105 cm³/mol. The summed E-state index contributed by atoms with van der Waals surface area (Å²) in [4.78, 5) is 18.5. The molecule has 126 valence electrons. The number of guanidine groups is 1. The molecule has 0 bridgehead atoms. The second-order valence-electron chi connectivity index (χ2n) is 5.83. The molecule has 0 spiro atoms. The number of hydrogen-bond donors (Lipinski definition) is 2. The summed E-state index contributed by atoms with van der Waals surface area (Å²) in [6, 6.07) is 8.47. The molecule has 1 aromatic carbocycles. The highest BCUT2D eigenvalue weighted by Crippen LogP contribution is 2.28. The number of nitrogens with zero attached hydrogens (tertiary/aromatic N) is 2. The highest BCUT2D eigenvalue weighted by atomic mass is 127. The van der Waals surface area contributed by atoms with Crippen molar-refractivity contribution >= 4 is 41.5 Å². The van der Waals surface area contributed by atoms with Crippen LogP contribution in [0.4, 0.5) is 5.69 Å². The van der Waals surface area contributed by atoms with Gasteiger partial charge >= 0.3 is 0 Å². The number of halogens is 1. The summed E-state index contributed by atoms with van der Waals surface area (Å²) in [6.07, 6.45) is 3.14. The van der Waals surface area contributed by atoms with E-state index in [1.54, 1.807) is 0 Å². The van der Waals surface area contributed by atoms with Crippen LogP contribution in [-0.2, 0) is 11.2 Å². The molecule has 0 unspecified atom stereocenters. The number of nitrogens with one attached hydrogen (secondary N) is 2. The molecule has 2 aliphatic rings. The van der Waals surface area contributed by atoms with E-state index in [9.17, 15) is 4.79 Å². The summed E-state index contributed by atoms with van der Waals surface area (Å²) in [5.74, 6) is 1.36. The van der Waals surface area contributed by atoms with Crippen LogP contribution in [0.2, 0.25) is 0 Å². The Labute approximate surface area is 154 Å². The van der Waals surface area contributed by atoms with Crippen LogP contribution < -0.4 is 15.5 Å². The van der Waals surface area contributed by atoms with Crippen molar-refractivity contribution in [2.24, 2.45) is 10.9 Å². The summed E-state index contributed by atoms with van der Waals surface area (Å²) in [7, 11) is 0. The van der Waals surface area contributed by atoms with Gasteiger partial charge in [0.15, 0.2) is 5.96 Å². The van der Waals surface area contributed by atoms with Crippen molar-refractivity contribution in [3.63, 3.8) is 0 Å². The third-order valence-electron chi connectivity index (χ3n) is 4.10. The smallest absolute Gasteiger partial charge is 0.223 e. The first-order valence-corrected chi connectivity index (χ1v) is 8.21. The van der Waals surface area contributed by atoms with Crippen LogP contribution in [0.15, 0.2) is 29.3 Å². The molecule has 1 aliphatic carbocycles. The molecule has 6 heteroatoms. The normalized spacial score (nSPS) is 16.6. The molecular weight excluding hydrogens is 403 g/mol. The lowest BCUT2D eigenvalue weighted by Crippen LogP contribution is -2.41. The Morgan fingerprint density at radius 3 is 2.83 bits per heavy atom. The van der Waals surface area contributed by atoms with E-state index in [0.29, 0.717) is 13.1 Å². The van der Waals surface area contributed by atoms with Crippen LogP contribution in [0.25, 0.3) is 0 Å². The third kappa shape index (κ3) is 4.59. The fourth-order valence-corrected chi connectivity index (χ4v) is 2.78. The van der Waals surface area contributed by atoms with Gasteiger partial charge in [-0.05, 0) is 37.8 Å². The van der Waals surface area contributed by atoms with Crippen molar-refractivity contribution in [2.75, 3.05) is 31.1 Å². The fourth-order valence-electron chi connectivity index (χ4n) is 2.78. The zero-order valence-corrected chi connectivity index (χ0v) is 15.9. The van der Waals surface area contributed by atoms with E-state index >= 15 is 0 Å². The highest BCUT2D eigenvalue weighted by molar-refractivity contribution is 14.0. The number of amides is 1. The van der Waals surface area contributed by atoms with Crippen molar-refractivity contribution in [2.45, 2.75) is 26.2 Å². The Morgan fingerprint density at radius 2 is 2.09 bits per heavy atom. The zero-order valence-electron chi connectivity index (χ0n) is 13.5. The second kappa shape index (κ2) is 8.52. The lowest BCUT2D eigenvalue weighted by atomic mass is 10.2. The zero-order chi connectivity index (χ0) is 15.4. The molecule has 1 amide bonds. The quantitative estimate of drug-likeness (QED) is 0.327. The lowest BCUT2D eigenvalue weighted by molar-refractivity contribution is -0.122. The van der Waals surface area contributed by atoms with Crippen molar-refractivity contribution in [1.29, 1.82) is 0 Å². The first-order valence-electron chi connectivity index (χ1n) is 8.21. The lowest BCUT2D eigenvalue weighted by Gasteiger charge is -2.22. The topological polar surface area (TPSA) is 56.7 Å². The fraction of sp³-hybridized carbons (Fsp3) is 0.529. The van der Waals surface area contributed by atoms with E-state index in [1.807, 2.05) is 0 Å². The number of aliphatic imine (C=N–C) groups is 1. The van der Waals surface area contributed by atoms with Crippen LogP contribution in [0, 0.1) is 5.92 Å². The first kappa shape index (κ1) is 18.0. The minimum Gasteiger partial charge on any atom is -0.356 e. The molecule has 1 heterocycles. The van der Waals surface area contributed by atoms with Crippen LogP contribution >= 0.6 is 24.0 Å². The molecule has 23 heavy (non-hydrogen) atoms. The van der Waals surface area contributed by atoms with Crippen LogP contribution in [0.5, 0.6) is 0 Å². The standard InChI is InChI=1S/C17H24N4O.HI/c1-2-18-17(20-11-10-19-16(22)14-7-8-14)21-12-9-13-5-3-4-6-15(13)21;/h3-6,14H,2,7-12H2,1H3,(H,18,20)(H,19,22);1H.